The van der Waals surface area contributed by atoms with Crippen LogP contribution < -0.4 is 5.32 Å². The van der Waals surface area contributed by atoms with E-state index in [-0.39, 0.29) is 5.54 Å². The molecule has 92 valence electrons. The zero-order chi connectivity index (χ0) is 12.1. The Morgan fingerprint density at radius 2 is 1.73 bits per heavy atom. The highest BCUT2D eigenvalue weighted by atomic mass is 15.2. The highest BCUT2D eigenvalue weighted by molar-refractivity contribution is 4.91. The van der Waals surface area contributed by atoms with E-state index in [1.54, 1.807) is 0 Å². The summed E-state index contributed by atoms with van der Waals surface area (Å²) in [4.78, 5) is 2.32. The molecule has 0 spiro atoms. The Kier molecular flexibility index (Phi) is 6.46. The standard InChI is InChI=1S/C13H30N2/c1-8-11(3)10-12(14-9-2)13(4,5)15(6)7/h11-12,14H,8-10H2,1-7H3. The molecule has 0 heterocycles. The Balaban J connectivity index is 4.49. The molecule has 0 aliphatic heterocycles. The average molecular weight is 214 g/mol. The fourth-order valence-corrected chi connectivity index (χ4v) is 1.75. The van der Waals surface area contributed by atoms with E-state index >= 15 is 0 Å². The molecule has 0 saturated heterocycles. The lowest BCUT2D eigenvalue weighted by atomic mass is 9.85. The highest BCUT2D eigenvalue weighted by Gasteiger charge is 2.31. The van der Waals surface area contributed by atoms with Crippen LogP contribution in [0.3, 0.4) is 0 Å². The summed E-state index contributed by atoms with van der Waals surface area (Å²) in [6.07, 6.45) is 2.53. The van der Waals surface area contributed by atoms with E-state index in [9.17, 15) is 0 Å². The Morgan fingerprint density at radius 3 is 2.07 bits per heavy atom. The summed E-state index contributed by atoms with van der Waals surface area (Å²) in [5, 5.41) is 3.63. The summed E-state index contributed by atoms with van der Waals surface area (Å²) in [6.45, 7) is 12.5. The first-order valence-corrected chi connectivity index (χ1v) is 6.27. The molecule has 0 fully saturated rings. The Hall–Kier alpha value is -0.0800. The third kappa shape index (κ3) is 4.52. The molecule has 0 amide bonds. The quantitative estimate of drug-likeness (QED) is 0.701. The van der Waals surface area contributed by atoms with Crippen LogP contribution in [0.25, 0.3) is 0 Å². The van der Waals surface area contributed by atoms with Gasteiger partial charge >= 0.3 is 0 Å². The summed E-state index contributed by atoms with van der Waals surface area (Å²) >= 11 is 0. The van der Waals surface area contributed by atoms with Crippen molar-refractivity contribution in [2.45, 2.75) is 59.0 Å². The van der Waals surface area contributed by atoms with Gasteiger partial charge in [-0.2, -0.15) is 0 Å². The monoisotopic (exact) mass is 214 g/mol. The smallest absolute Gasteiger partial charge is 0.0300 e. The average Bonchev–Trinajstić information content (AvgIpc) is 2.16. The fraction of sp³-hybridized carbons (Fsp3) is 1.00. The van der Waals surface area contributed by atoms with Gasteiger partial charge in [-0.05, 0) is 46.8 Å². The van der Waals surface area contributed by atoms with Gasteiger partial charge in [-0.1, -0.05) is 27.2 Å². The summed E-state index contributed by atoms with van der Waals surface area (Å²) in [5.41, 5.74) is 0.222. The molecular weight excluding hydrogens is 184 g/mol. The summed E-state index contributed by atoms with van der Waals surface area (Å²) < 4.78 is 0. The fourth-order valence-electron chi connectivity index (χ4n) is 1.75. The van der Waals surface area contributed by atoms with Crippen molar-refractivity contribution >= 4 is 0 Å². The van der Waals surface area contributed by atoms with Crippen molar-refractivity contribution < 1.29 is 0 Å². The van der Waals surface area contributed by atoms with Gasteiger partial charge < -0.3 is 10.2 Å². The molecule has 15 heavy (non-hydrogen) atoms. The van der Waals surface area contributed by atoms with Gasteiger partial charge in [0.25, 0.3) is 0 Å². The van der Waals surface area contributed by atoms with Crippen molar-refractivity contribution in [3.8, 4) is 0 Å². The lowest BCUT2D eigenvalue weighted by Crippen LogP contribution is -2.55. The van der Waals surface area contributed by atoms with E-state index < -0.39 is 0 Å². The molecule has 0 aromatic carbocycles. The first-order valence-electron chi connectivity index (χ1n) is 6.27. The highest BCUT2D eigenvalue weighted by Crippen LogP contribution is 2.22. The van der Waals surface area contributed by atoms with Crippen LogP contribution >= 0.6 is 0 Å². The van der Waals surface area contributed by atoms with Crippen molar-refractivity contribution in [2.75, 3.05) is 20.6 Å². The third-order valence-corrected chi connectivity index (χ3v) is 3.79. The van der Waals surface area contributed by atoms with Crippen molar-refractivity contribution in [3.63, 3.8) is 0 Å². The topological polar surface area (TPSA) is 15.3 Å². The second-order valence-corrected chi connectivity index (χ2v) is 5.41. The minimum atomic E-state index is 0.222. The second kappa shape index (κ2) is 6.49. The minimum Gasteiger partial charge on any atom is -0.312 e. The summed E-state index contributed by atoms with van der Waals surface area (Å²) in [7, 11) is 4.34. The van der Waals surface area contributed by atoms with Crippen LogP contribution in [0.4, 0.5) is 0 Å². The van der Waals surface area contributed by atoms with Crippen molar-refractivity contribution in [3.05, 3.63) is 0 Å². The second-order valence-electron chi connectivity index (χ2n) is 5.41. The molecule has 0 rings (SSSR count). The van der Waals surface area contributed by atoms with E-state index in [0.717, 1.165) is 12.5 Å². The lowest BCUT2D eigenvalue weighted by Gasteiger charge is -2.41. The molecule has 2 heteroatoms. The third-order valence-electron chi connectivity index (χ3n) is 3.79. The van der Waals surface area contributed by atoms with Gasteiger partial charge in [0.2, 0.25) is 0 Å². The van der Waals surface area contributed by atoms with Gasteiger partial charge in [-0.3, -0.25) is 0 Å². The number of nitrogens with zero attached hydrogens (tertiary/aromatic N) is 1. The first-order chi connectivity index (χ1) is 6.86. The molecule has 0 bridgehead atoms. The maximum absolute atomic E-state index is 3.63. The van der Waals surface area contributed by atoms with Crippen LogP contribution in [0.1, 0.15) is 47.5 Å². The van der Waals surface area contributed by atoms with Gasteiger partial charge in [0.05, 0.1) is 0 Å². The zero-order valence-electron chi connectivity index (χ0n) is 11.7. The molecule has 0 aromatic heterocycles. The van der Waals surface area contributed by atoms with Crippen molar-refractivity contribution in [1.82, 2.24) is 10.2 Å². The molecule has 2 nitrogen and oxygen atoms in total. The predicted octanol–water partition coefficient (Wildman–Crippen LogP) is 2.74. The number of nitrogens with one attached hydrogen (secondary N) is 1. The van der Waals surface area contributed by atoms with Gasteiger partial charge in [0.1, 0.15) is 0 Å². The number of hydrogen-bond acceptors (Lipinski definition) is 2. The molecule has 0 radical (unpaired) electrons. The van der Waals surface area contributed by atoms with E-state index in [1.807, 2.05) is 0 Å². The Bertz CT molecular complexity index is 164. The molecule has 0 aromatic rings. The lowest BCUT2D eigenvalue weighted by molar-refractivity contribution is 0.123. The van der Waals surface area contributed by atoms with E-state index in [1.165, 1.54) is 12.8 Å². The SMILES string of the molecule is CCNC(CC(C)CC)C(C)(C)N(C)C. The molecule has 0 saturated carbocycles. The van der Waals surface area contributed by atoms with E-state index in [2.05, 4.69) is 58.9 Å². The van der Waals surface area contributed by atoms with E-state index in [4.69, 9.17) is 0 Å². The molecular formula is C13H30N2. The Morgan fingerprint density at radius 1 is 1.20 bits per heavy atom. The van der Waals surface area contributed by atoms with Gasteiger partial charge in [0.15, 0.2) is 0 Å². The number of hydrogen-bond donors (Lipinski definition) is 1. The van der Waals surface area contributed by atoms with Crippen LogP contribution in [0.2, 0.25) is 0 Å². The van der Waals surface area contributed by atoms with Crippen molar-refractivity contribution in [2.24, 2.45) is 5.92 Å². The largest absolute Gasteiger partial charge is 0.312 e. The summed E-state index contributed by atoms with van der Waals surface area (Å²) in [5.74, 6) is 0.799. The molecule has 2 unspecified atom stereocenters. The Labute approximate surface area is 96.4 Å². The van der Waals surface area contributed by atoms with Gasteiger partial charge in [-0.25, -0.2) is 0 Å². The number of likely N-dealkylation sites (N-methyl/N-ethyl adjacent to an activating group) is 2. The first kappa shape index (κ1) is 14.9. The summed E-state index contributed by atoms with van der Waals surface area (Å²) in [6, 6.07) is 0.576. The molecule has 2 atom stereocenters. The maximum atomic E-state index is 3.63. The molecule has 0 aliphatic carbocycles. The predicted molar refractivity (Wildman–Crippen MR) is 69.3 cm³/mol. The number of rotatable bonds is 7. The van der Waals surface area contributed by atoms with Crippen LogP contribution in [0, 0.1) is 5.92 Å². The van der Waals surface area contributed by atoms with Gasteiger partial charge in [0, 0.05) is 11.6 Å². The maximum Gasteiger partial charge on any atom is 0.0300 e. The van der Waals surface area contributed by atoms with Crippen LogP contribution in [-0.2, 0) is 0 Å². The van der Waals surface area contributed by atoms with Crippen LogP contribution in [-0.4, -0.2) is 37.1 Å². The molecule has 0 aliphatic rings. The molecule has 1 N–H and O–H groups in total. The zero-order valence-corrected chi connectivity index (χ0v) is 11.7. The minimum absolute atomic E-state index is 0.222. The van der Waals surface area contributed by atoms with Gasteiger partial charge in [-0.15, -0.1) is 0 Å². The van der Waals surface area contributed by atoms with E-state index in [0.29, 0.717) is 6.04 Å². The van der Waals surface area contributed by atoms with Crippen molar-refractivity contribution in [1.29, 1.82) is 0 Å². The van der Waals surface area contributed by atoms with Crippen LogP contribution in [0.5, 0.6) is 0 Å². The van der Waals surface area contributed by atoms with Crippen LogP contribution in [0.15, 0.2) is 0 Å². The normalized spacial score (nSPS) is 16.8.